The summed E-state index contributed by atoms with van der Waals surface area (Å²) in [6.45, 7) is 2.18. The van der Waals surface area contributed by atoms with E-state index in [9.17, 15) is 13.2 Å². The van der Waals surface area contributed by atoms with E-state index in [-0.39, 0.29) is 10.8 Å². The molecule has 1 aromatic carbocycles. The van der Waals surface area contributed by atoms with Gasteiger partial charge in [-0.15, -0.1) is 11.3 Å². The molecule has 0 fully saturated rings. The van der Waals surface area contributed by atoms with Gasteiger partial charge in [0.25, 0.3) is 10.0 Å². The molecule has 0 aliphatic heterocycles. The average Bonchev–Trinajstić information content (AvgIpc) is 3.11. The quantitative estimate of drug-likeness (QED) is 0.543. The Balaban J connectivity index is 1.80. The van der Waals surface area contributed by atoms with Gasteiger partial charge >= 0.3 is 0 Å². The topological polar surface area (TPSA) is 88.2 Å². The van der Waals surface area contributed by atoms with Crippen LogP contribution >= 0.6 is 11.3 Å². The predicted molar refractivity (Wildman–Crippen MR) is 106 cm³/mol. The van der Waals surface area contributed by atoms with Gasteiger partial charge in [0.1, 0.15) is 0 Å². The smallest absolute Gasteiger partial charge is 0.263 e. The number of aromatic nitrogens is 1. The second-order valence-corrected chi connectivity index (χ2v) is 8.61. The third-order valence-electron chi connectivity index (χ3n) is 3.86. The molecular weight excluding hydrogens is 370 g/mol. The van der Waals surface area contributed by atoms with Crippen molar-refractivity contribution in [1.29, 1.82) is 0 Å². The van der Waals surface area contributed by atoms with E-state index >= 15 is 0 Å². The van der Waals surface area contributed by atoms with Crippen LogP contribution in [-0.2, 0) is 14.8 Å². The molecule has 0 unspecified atom stereocenters. The summed E-state index contributed by atoms with van der Waals surface area (Å²) in [7, 11) is -3.67. The normalized spacial score (nSPS) is 11.3. The molecular formula is C18H25N3O3S2. The van der Waals surface area contributed by atoms with Crippen molar-refractivity contribution >= 4 is 38.1 Å². The molecule has 2 aromatic rings. The van der Waals surface area contributed by atoms with Crippen LogP contribution in [0, 0.1) is 0 Å². The summed E-state index contributed by atoms with van der Waals surface area (Å²) >= 11 is 1.21. The number of sulfonamides is 1. The van der Waals surface area contributed by atoms with Gasteiger partial charge in [-0.25, -0.2) is 13.4 Å². The number of nitrogens with zero attached hydrogens (tertiary/aromatic N) is 1. The highest BCUT2D eigenvalue weighted by Crippen LogP contribution is 2.19. The van der Waals surface area contributed by atoms with Crippen molar-refractivity contribution < 1.29 is 13.2 Å². The first-order valence-electron chi connectivity index (χ1n) is 8.83. The molecule has 0 aliphatic carbocycles. The molecule has 0 bridgehead atoms. The molecule has 6 nitrogen and oxygen atoms in total. The molecule has 2 rings (SSSR count). The number of hydrogen-bond acceptors (Lipinski definition) is 5. The number of anilines is 2. The zero-order valence-corrected chi connectivity index (χ0v) is 16.5. The van der Waals surface area contributed by atoms with Crippen LogP contribution in [0.1, 0.15) is 51.9 Å². The van der Waals surface area contributed by atoms with Crippen LogP contribution in [0.5, 0.6) is 0 Å². The third-order valence-corrected chi connectivity index (χ3v) is 6.03. The van der Waals surface area contributed by atoms with Crippen molar-refractivity contribution in [2.24, 2.45) is 0 Å². The Bertz CT molecular complexity index is 773. The molecule has 1 aromatic heterocycles. The highest BCUT2D eigenvalue weighted by molar-refractivity contribution is 7.93. The summed E-state index contributed by atoms with van der Waals surface area (Å²) in [5.41, 5.74) is 0.592. The fraction of sp³-hybridized carbons (Fsp3) is 0.444. The first-order chi connectivity index (χ1) is 12.5. The molecule has 142 valence electrons. The molecule has 2 N–H and O–H groups in total. The van der Waals surface area contributed by atoms with Gasteiger partial charge in [-0.3, -0.25) is 9.52 Å². The van der Waals surface area contributed by atoms with Crippen LogP contribution < -0.4 is 10.0 Å². The van der Waals surface area contributed by atoms with Crippen LogP contribution in [0.15, 0.2) is 40.7 Å². The highest BCUT2D eigenvalue weighted by Gasteiger charge is 2.15. The van der Waals surface area contributed by atoms with Crippen LogP contribution in [0.4, 0.5) is 10.8 Å². The molecule has 1 amide bonds. The van der Waals surface area contributed by atoms with E-state index in [4.69, 9.17) is 0 Å². The third kappa shape index (κ3) is 6.76. The molecule has 0 atom stereocenters. The first-order valence-corrected chi connectivity index (χ1v) is 11.2. The second kappa shape index (κ2) is 10.3. The second-order valence-electron chi connectivity index (χ2n) is 6.03. The van der Waals surface area contributed by atoms with E-state index in [2.05, 4.69) is 21.9 Å². The minimum atomic E-state index is -3.67. The average molecular weight is 396 g/mol. The number of hydrogen-bond donors (Lipinski definition) is 2. The van der Waals surface area contributed by atoms with E-state index in [0.29, 0.717) is 17.2 Å². The van der Waals surface area contributed by atoms with E-state index in [1.165, 1.54) is 55.3 Å². The van der Waals surface area contributed by atoms with Crippen molar-refractivity contribution in [3.8, 4) is 0 Å². The number of unbranched alkanes of at least 4 members (excludes halogenated alkanes) is 5. The molecule has 0 saturated carbocycles. The number of carbonyl (C=O) groups excluding carboxylic acids is 1. The minimum Gasteiger partial charge on any atom is -0.326 e. The lowest BCUT2D eigenvalue weighted by Gasteiger charge is -2.08. The molecule has 0 saturated heterocycles. The lowest BCUT2D eigenvalue weighted by atomic mass is 10.1. The van der Waals surface area contributed by atoms with Gasteiger partial charge in [-0.2, -0.15) is 0 Å². The maximum absolute atomic E-state index is 12.3. The zero-order valence-electron chi connectivity index (χ0n) is 14.9. The number of nitrogens with one attached hydrogen (secondary N) is 2. The summed E-state index contributed by atoms with van der Waals surface area (Å²) in [5, 5.41) is 4.82. The molecule has 0 aliphatic rings. The van der Waals surface area contributed by atoms with Crippen LogP contribution in [0.25, 0.3) is 0 Å². The maximum atomic E-state index is 12.3. The highest BCUT2D eigenvalue weighted by atomic mass is 32.2. The Morgan fingerprint density at radius 3 is 2.42 bits per heavy atom. The van der Waals surface area contributed by atoms with Crippen LogP contribution in [0.2, 0.25) is 0 Å². The van der Waals surface area contributed by atoms with Crippen molar-refractivity contribution in [2.45, 2.75) is 56.8 Å². The molecule has 0 radical (unpaired) electrons. The van der Waals surface area contributed by atoms with Crippen molar-refractivity contribution in [3.63, 3.8) is 0 Å². The lowest BCUT2D eigenvalue weighted by Crippen LogP contribution is -2.14. The molecule has 26 heavy (non-hydrogen) atoms. The van der Waals surface area contributed by atoms with Gasteiger partial charge in [-0.1, -0.05) is 39.0 Å². The van der Waals surface area contributed by atoms with E-state index in [1.807, 2.05) is 0 Å². The van der Waals surface area contributed by atoms with Gasteiger partial charge in [0.2, 0.25) is 5.91 Å². The maximum Gasteiger partial charge on any atom is 0.263 e. The Hall–Kier alpha value is -1.93. The standard InChI is InChI=1S/C18H25N3O3S2/c1-2-3-4-5-6-7-8-17(22)20-15-9-11-16(12-10-15)26(23,24)21-18-19-13-14-25-18/h9-14H,2-8H2,1H3,(H,19,21)(H,20,22). The number of amides is 1. The molecule has 0 spiro atoms. The number of carbonyl (C=O) groups is 1. The van der Waals surface area contributed by atoms with Crippen LogP contribution in [-0.4, -0.2) is 19.3 Å². The fourth-order valence-corrected chi connectivity index (χ4v) is 4.24. The Kier molecular flexibility index (Phi) is 8.06. The van der Waals surface area contributed by atoms with Crippen LogP contribution in [0.3, 0.4) is 0 Å². The van der Waals surface area contributed by atoms with E-state index < -0.39 is 10.0 Å². The zero-order chi connectivity index (χ0) is 18.8. The summed E-state index contributed by atoms with van der Waals surface area (Å²) in [5.74, 6) is -0.0444. The van der Waals surface area contributed by atoms with Crippen molar-refractivity contribution in [1.82, 2.24) is 4.98 Å². The van der Waals surface area contributed by atoms with Crippen molar-refractivity contribution in [3.05, 3.63) is 35.8 Å². The molecule has 8 heteroatoms. The van der Waals surface area contributed by atoms with E-state index in [1.54, 1.807) is 17.5 Å². The van der Waals surface area contributed by atoms with Gasteiger partial charge < -0.3 is 5.32 Å². The number of thiazole rings is 1. The van der Waals surface area contributed by atoms with Gasteiger partial charge in [-0.05, 0) is 30.7 Å². The number of rotatable bonds is 11. The summed E-state index contributed by atoms with van der Waals surface area (Å²) < 4.78 is 26.9. The largest absolute Gasteiger partial charge is 0.326 e. The van der Waals surface area contributed by atoms with Gasteiger partial charge in [0.05, 0.1) is 4.90 Å². The van der Waals surface area contributed by atoms with E-state index in [0.717, 1.165) is 12.8 Å². The Morgan fingerprint density at radius 1 is 1.08 bits per heavy atom. The summed E-state index contributed by atoms with van der Waals surface area (Å²) in [6.07, 6.45) is 8.81. The van der Waals surface area contributed by atoms with Gasteiger partial charge in [0.15, 0.2) is 5.13 Å². The fourth-order valence-electron chi connectivity index (χ4n) is 2.45. The summed E-state index contributed by atoms with van der Waals surface area (Å²) in [6, 6.07) is 6.12. The van der Waals surface area contributed by atoms with Gasteiger partial charge in [0, 0.05) is 23.7 Å². The number of benzene rings is 1. The first kappa shape index (κ1) is 20.4. The summed E-state index contributed by atoms with van der Waals surface area (Å²) in [4.78, 5) is 16.0. The molecule has 1 heterocycles. The SMILES string of the molecule is CCCCCCCCC(=O)Nc1ccc(S(=O)(=O)Nc2nccs2)cc1. The monoisotopic (exact) mass is 395 g/mol. The lowest BCUT2D eigenvalue weighted by molar-refractivity contribution is -0.116. The van der Waals surface area contributed by atoms with Crippen molar-refractivity contribution in [2.75, 3.05) is 10.0 Å². The Morgan fingerprint density at radius 2 is 1.77 bits per heavy atom. The predicted octanol–water partition coefficient (Wildman–Crippen LogP) is 4.63. The minimum absolute atomic E-state index is 0.0444. The Labute approximate surface area is 159 Å².